The van der Waals surface area contributed by atoms with Crippen molar-refractivity contribution in [3.8, 4) is 0 Å². The van der Waals surface area contributed by atoms with Gasteiger partial charge in [0.15, 0.2) is 11.6 Å². The molecule has 100 valence electrons. The second-order valence-corrected chi connectivity index (χ2v) is 4.51. The molecular formula is C12H11Cl2FN4. The van der Waals surface area contributed by atoms with Crippen molar-refractivity contribution in [2.24, 2.45) is 0 Å². The molecule has 0 bridgehead atoms. The fourth-order valence-corrected chi connectivity index (χ4v) is 1.87. The number of anilines is 3. The van der Waals surface area contributed by atoms with Gasteiger partial charge in [0.25, 0.3) is 0 Å². The fourth-order valence-electron chi connectivity index (χ4n) is 1.42. The van der Waals surface area contributed by atoms with Crippen molar-refractivity contribution in [2.75, 3.05) is 17.2 Å². The molecule has 2 rings (SSSR count). The first-order chi connectivity index (χ1) is 9.10. The molecule has 0 spiro atoms. The molecule has 0 unspecified atom stereocenters. The van der Waals surface area contributed by atoms with Gasteiger partial charge in [-0.05, 0) is 25.1 Å². The molecule has 0 amide bonds. The standard InChI is InChI=1S/C12H11Cl2FN4/c1-2-16-12-17-6-9(15)11(19-12)18-10-4-3-7(13)5-8(10)14/h3-6H,2H2,1H3,(H2,16,17,18,19). The average Bonchev–Trinajstić information content (AvgIpc) is 2.37. The number of hydrogen-bond donors (Lipinski definition) is 2. The molecule has 0 atom stereocenters. The van der Waals surface area contributed by atoms with Crippen LogP contribution in [0.3, 0.4) is 0 Å². The molecule has 1 heterocycles. The summed E-state index contributed by atoms with van der Waals surface area (Å²) in [7, 11) is 0. The molecule has 19 heavy (non-hydrogen) atoms. The van der Waals surface area contributed by atoms with Gasteiger partial charge in [0.2, 0.25) is 5.95 Å². The molecule has 0 saturated heterocycles. The first-order valence-electron chi connectivity index (χ1n) is 5.58. The van der Waals surface area contributed by atoms with E-state index in [0.29, 0.717) is 28.2 Å². The minimum atomic E-state index is -0.562. The van der Waals surface area contributed by atoms with Crippen LogP contribution in [-0.2, 0) is 0 Å². The molecule has 4 nitrogen and oxygen atoms in total. The summed E-state index contributed by atoms with van der Waals surface area (Å²) < 4.78 is 13.6. The van der Waals surface area contributed by atoms with Crippen LogP contribution in [0.2, 0.25) is 10.0 Å². The Morgan fingerprint density at radius 3 is 2.79 bits per heavy atom. The third-order valence-corrected chi connectivity index (χ3v) is 2.81. The van der Waals surface area contributed by atoms with Gasteiger partial charge in [0.1, 0.15) is 0 Å². The Morgan fingerprint density at radius 2 is 2.11 bits per heavy atom. The van der Waals surface area contributed by atoms with Crippen LogP contribution in [0.15, 0.2) is 24.4 Å². The molecular weight excluding hydrogens is 290 g/mol. The summed E-state index contributed by atoms with van der Waals surface area (Å²) in [5, 5.41) is 6.60. The highest BCUT2D eigenvalue weighted by atomic mass is 35.5. The largest absolute Gasteiger partial charge is 0.354 e. The minimum absolute atomic E-state index is 0.0511. The van der Waals surface area contributed by atoms with Gasteiger partial charge >= 0.3 is 0 Å². The van der Waals surface area contributed by atoms with Crippen molar-refractivity contribution in [3.63, 3.8) is 0 Å². The number of benzene rings is 1. The third kappa shape index (κ3) is 3.45. The Bertz CT molecular complexity index is 592. The van der Waals surface area contributed by atoms with Crippen molar-refractivity contribution in [1.82, 2.24) is 9.97 Å². The van der Waals surface area contributed by atoms with Crippen molar-refractivity contribution in [1.29, 1.82) is 0 Å². The molecule has 0 radical (unpaired) electrons. The summed E-state index contributed by atoms with van der Waals surface area (Å²) in [5.74, 6) is -0.167. The van der Waals surface area contributed by atoms with Crippen LogP contribution in [0, 0.1) is 5.82 Å². The minimum Gasteiger partial charge on any atom is -0.354 e. The number of hydrogen-bond acceptors (Lipinski definition) is 4. The van der Waals surface area contributed by atoms with E-state index in [9.17, 15) is 4.39 Å². The third-order valence-electron chi connectivity index (χ3n) is 2.26. The summed E-state index contributed by atoms with van der Waals surface area (Å²) >= 11 is 11.8. The van der Waals surface area contributed by atoms with Gasteiger partial charge in [-0.3, -0.25) is 0 Å². The molecule has 2 N–H and O–H groups in total. The van der Waals surface area contributed by atoms with Gasteiger partial charge in [-0.25, -0.2) is 9.37 Å². The number of nitrogens with one attached hydrogen (secondary N) is 2. The second kappa shape index (κ2) is 6.04. The summed E-state index contributed by atoms with van der Waals surface area (Å²) in [6, 6.07) is 4.87. The Balaban J connectivity index is 2.29. The lowest BCUT2D eigenvalue weighted by atomic mass is 10.3. The van der Waals surface area contributed by atoms with Crippen LogP contribution in [0.5, 0.6) is 0 Å². The van der Waals surface area contributed by atoms with Crippen molar-refractivity contribution < 1.29 is 4.39 Å². The van der Waals surface area contributed by atoms with Crippen molar-refractivity contribution in [2.45, 2.75) is 6.92 Å². The van der Waals surface area contributed by atoms with E-state index < -0.39 is 5.82 Å². The first-order valence-corrected chi connectivity index (χ1v) is 6.34. The molecule has 0 fully saturated rings. The van der Waals surface area contributed by atoms with Gasteiger partial charge in [-0.1, -0.05) is 23.2 Å². The predicted octanol–water partition coefficient (Wildman–Crippen LogP) is 4.10. The van der Waals surface area contributed by atoms with E-state index in [1.54, 1.807) is 18.2 Å². The Hall–Kier alpha value is -1.59. The maximum absolute atomic E-state index is 13.6. The zero-order valence-corrected chi connectivity index (χ0v) is 11.6. The molecule has 1 aromatic heterocycles. The lowest BCUT2D eigenvalue weighted by Crippen LogP contribution is -2.06. The fraction of sp³-hybridized carbons (Fsp3) is 0.167. The highest BCUT2D eigenvalue weighted by Crippen LogP contribution is 2.28. The van der Waals surface area contributed by atoms with Gasteiger partial charge in [-0.15, -0.1) is 0 Å². The van der Waals surface area contributed by atoms with E-state index in [-0.39, 0.29) is 5.82 Å². The zero-order valence-electron chi connectivity index (χ0n) is 10.0. The zero-order chi connectivity index (χ0) is 13.8. The van der Waals surface area contributed by atoms with Crippen LogP contribution in [0.4, 0.5) is 21.8 Å². The number of halogens is 3. The SMILES string of the molecule is CCNc1ncc(F)c(Nc2ccc(Cl)cc2Cl)n1. The van der Waals surface area contributed by atoms with Crippen molar-refractivity contribution in [3.05, 3.63) is 40.3 Å². The topological polar surface area (TPSA) is 49.8 Å². The van der Waals surface area contributed by atoms with E-state index >= 15 is 0 Å². The average molecular weight is 301 g/mol. The number of aromatic nitrogens is 2. The summed E-state index contributed by atoms with van der Waals surface area (Å²) in [5.41, 5.74) is 0.520. The first kappa shape index (κ1) is 13.8. The van der Waals surface area contributed by atoms with Gasteiger partial charge in [0.05, 0.1) is 16.9 Å². The van der Waals surface area contributed by atoms with E-state index in [0.717, 1.165) is 6.20 Å². The molecule has 0 saturated carbocycles. The van der Waals surface area contributed by atoms with Crippen LogP contribution < -0.4 is 10.6 Å². The van der Waals surface area contributed by atoms with Gasteiger partial charge in [0, 0.05) is 11.6 Å². The monoisotopic (exact) mass is 300 g/mol. The van der Waals surface area contributed by atoms with Crippen LogP contribution in [0.1, 0.15) is 6.92 Å². The van der Waals surface area contributed by atoms with Gasteiger partial charge < -0.3 is 10.6 Å². The molecule has 1 aromatic carbocycles. The lowest BCUT2D eigenvalue weighted by Gasteiger charge is -2.10. The normalized spacial score (nSPS) is 10.3. The predicted molar refractivity (Wildman–Crippen MR) is 75.9 cm³/mol. The second-order valence-electron chi connectivity index (χ2n) is 3.67. The van der Waals surface area contributed by atoms with E-state index in [4.69, 9.17) is 23.2 Å². The Labute approximate surface area is 120 Å². The molecule has 7 heteroatoms. The van der Waals surface area contributed by atoms with Crippen LogP contribution in [-0.4, -0.2) is 16.5 Å². The van der Waals surface area contributed by atoms with E-state index in [1.165, 1.54) is 0 Å². The quantitative estimate of drug-likeness (QED) is 0.892. The lowest BCUT2D eigenvalue weighted by molar-refractivity contribution is 0.619. The molecule has 2 aromatic rings. The van der Waals surface area contributed by atoms with Crippen molar-refractivity contribution >= 4 is 40.7 Å². The van der Waals surface area contributed by atoms with E-state index in [2.05, 4.69) is 20.6 Å². The summed E-state index contributed by atoms with van der Waals surface area (Å²) in [6.45, 7) is 2.54. The highest BCUT2D eigenvalue weighted by Gasteiger charge is 2.09. The Morgan fingerprint density at radius 1 is 1.32 bits per heavy atom. The number of rotatable bonds is 4. The molecule has 0 aliphatic heterocycles. The molecule has 0 aliphatic rings. The smallest absolute Gasteiger partial charge is 0.224 e. The maximum Gasteiger partial charge on any atom is 0.224 e. The van der Waals surface area contributed by atoms with Crippen LogP contribution in [0.25, 0.3) is 0 Å². The number of nitrogens with zero attached hydrogens (tertiary/aromatic N) is 2. The Kier molecular flexibility index (Phi) is 4.39. The van der Waals surface area contributed by atoms with Crippen LogP contribution >= 0.6 is 23.2 Å². The highest BCUT2D eigenvalue weighted by molar-refractivity contribution is 6.36. The summed E-state index contributed by atoms with van der Waals surface area (Å²) in [6.07, 6.45) is 1.09. The maximum atomic E-state index is 13.6. The molecule has 0 aliphatic carbocycles. The summed E-state index contributed by atoms with van der Waals surface area (Å²) in [4.78, 5) is 7.84. The van der Waals surface area contributed by atoms with Gasteiger partial charge in [-0.2, -0.15) is 4.98 Å². The van der Waals surface area contributed by atoms with E-state index in [1.807, 2.05) is 6.92 Å².